The number of aromatic nitrogens is 4. The van der Waals surface area contributed by atoms with E-state index in [0.717, 1.165) is 5.56 Å². The SMILES string of the molecule is COc1cccc(OC)c1-c1nnn(C(C)(C)c2ccccc2)n1. The van der Waals surface area contributed by atoms with Crippen LogP contribution in [0.3, 0.4) is 0 Å². The highest BCUT2D eigenvalue weighted by atomic mass is 16.5. The molecule has 6 nitrogen and oxygen atoms in total. The molecule has 0 fully saturated rings. The van der Waals surface area contributed by atoms with E-state index in [4.69, 9.17) is 9.47 Å². The van der Waals surface area contributed by atoms with Gasteiger partial charge in [0.15, 0.2) is 0 Å². The Bertz CT molecular complexity index is 806. The molecule has 124 valence electrons. The Morgan fingerprint density at radius 2 is 1.50 bits per heavy atom. The summed E-state index contributed by atoms with van der Waals surface area (Å²) in [7, 11) is 3.22. The number of hydrogen-bond acceptors (Lipinski definition) is 5. The van der Waals surface area contributed by atoms with Crippen LogP contribution in [-0.2, 0) is 5.54 Å². The van der Waals surface area contributed by atoms with E-state index < -0.39 is 5.54 Å². The molecule has 0 aliphatic rings. The molecule has 0 aliphatic heterocycles. The molecule has 6 heteroatoms. The lowest BCUT2D eigenvalue weighted by Gasteiger charge is -2.23. The average molecular weight is 324 g/mol. The Balaban J connectivity index is 2.06. The number of methoxy groups -OCH3 is 2. The van der Waals surface area contributed by atoms with Gasteiger partial charge in [-0.25, -0.2) is 0 Å². The van der Waals surface area contributed by atoms with Crippen LogP contribution in [0.15, 0.2) is 48.5 Å². The van der Waals surface area contributed by atoms with Gasteiger partial charge >= 0.3 is 0 Å². The van der Waals surface area contributed by atoms with Crippen LogP contribution in [-0.4, -0.2) is 34.4 Å². The topological polar surface area (TPSA) is 62.1 Å². The minimum Gasteiger partial charge on any atom is -0.496 e. The first-order valence-electron chi connectivity index (χ1n) is 7.65. The lowest BCUT2D eigenvalue weighted by atomic mass is 9.95. The summed E-state index contributed by atoms with van der Waals surface area (Å²) in [6, 6.07) is 15.6. The van der Waals surface area contributed by atoms with Crippen molar-refractivity contribution in [1.29, 1.82) is 0 Å². The monoisotopic (exact) mass is 324 g/mol. The second-order valence-electron chi connectivity index (χ2n) is 5.87. The molecule has 0 atom stereocenters. The van der Waals surface area contributed by atoms with Gasteiger partial charge in [0.25, 0.3) is 0 Å². The molecule has 0 unspecified atom stereocenters. The summed E-state index contributed by atoms with van der Waals surface area (Å²) in [6.07, 6.45) is 0. The number of tetrazole rings is 1. The minimum absolute atomic E-state index is 0.429. The van der Waals surface area contributed by atoms with E-state index in [1.165, 1.54) is 0 Å². The average Bonchev–Trinajstić information content (AvgIpc) is 3.12. The fourth-order valence-electron chi connectivity index (χ4n) is 2.58. The number of ether oxygens (including phenoxy) is 2. The third kappa shape index (κ3) is 2.71. The molecule has 3 aromatic rings. The van der Waals surface area contributed by atoms with Crippen molar-refractivity contribution in [3.05, 3.63) is 54.1 Å². The summed E-state index contributed by atoms with van der Waals surface area (Å²) < 4.78 is 10.8. The molecule has 24 heavy (non-hydrogen) atoms. The zero-order valence-electron chi connectivity index (χ0n) is 14.2. The summed E-state index contributed by atoms with van der Waals surface area (Å²) in [5.74, 6) is 1.76. The van der Waals surface area contributed by atoms with Crippen molar-refractivity contribution in [2.75, 3.05) is 14.2 Å². The normalized spacial score (nSPS) is 11.3. The fraction of sp³-hybridized carbons (Fsp3) is 0.278. The summed E-state index contributed by atoms with van der Waals surface area (Å²) in [5, 5.41) is 13.1. The Morgan fingerprint density at radius 3 is 2.08 bits per heavy atom. The molecule has 0 saturated carbocycles. The maximum absolute atomic E-state index is 5.42. The molecule has 0 spiro atoms. The van der Waals surface area contributed by atoms with E-state index in [2.05, 4.69) is 15.4 Å². The zero-order chi connectivity index (χ0) is 17.2. The van der Waals surface area contributed by atoms with E-state index in [-0.39, 0.29) is 0 Å². The second kappa shape index (κ2) is 6.31. The third-order valence-corrected chi connectivity index (χ3v) is 4.05. The first kappa shape index (κ1) is 16.0. The van der Waals surface area contributed by atoms with Crippen LogP contribution in [0.5, 0.6) is 11.5 Å². The summed E-state index contributed by atoms with van der Waals surface area (Å²) in [5.41, 5.74) is 1.36. The van der Waals surface area contributed by atoms with Gasteiger partial charge in [-0.15, -0.1) is 10.2 Å². The summed E-state index contributed by atoms with van der Waals surface area (Å²) in [6.45, 7) is 4.10. The largest absolute Gasteiger partial charge is 0.496 e. The van der Waals surface area contributed by atoms with E-state index in [1.807, 2.05) is 62.4 Å². The van der Waals surface area contributed by atoms with Crippen molar-refractivity contribution >= 4 is 0 Å². The fourth-order valence-corrected chi connectivity index (χ4v) is 2.58. The van der Waals surface area contributed by atoms with Gasteiger partial charge in [-0.1, -0.05) is 36.4 Å². The van der Waals surface area contributed by atoms with Gasteiger partial charge in [-0.05, 0) is 36.8 Å². The molecule has 1 heterocycles. The first-order chi connectivity index (χ1) is 11.6. The molecule has 0 saturated heterocycles. The van der Waals surface area contributed by atoms with E-state index in [1.54, 1.807) is 19.0 Å². The molecule has 1 aromatic heterocycles. The predicted molar refractivity (Wildman–Crippen MR) is 91.2 cm³/mol. The smallest absolute Gasteiger partial charge is 0.212 e. The zero-order valence-corrected chi connectivity index (χ0v) is 14.2. The highest BCUT2D eigenvalue weighted by molar-refractivity contribution is 5.71. The molecule has 0 aliphatic carbocycles. The maximum atomic E-state index is 5.42. The van der Waals surface area contributed by atoms with E-state index >= 15 is 0 Å². The van der Waals surface area contributed by atoms with Crippen molar-refractivity contribution in [2.45, 2.75) is 19.4 Å². The van der Waals surface area contributed by atoms with E-state index in [0.29, 0.717) is 22.9 Å². The number of benzene rings is 2. The van der Waals surface area contributed by atoms with Crippen LogP contribution in [0.2, 0.25) is 0 Å². The Hall–Kier alpha value is -2.89. The second-order valence-corrected chi connectivity index (χ2v) is 5.87. The Kier molecular flexibility index (Phi) is 4.20. The van der Waals surface area contributed by atoms with Gasteiger partial charge in [0, 0.05) is 0 Å². The van der Waals surface area contributed by atoms with Crippen LogP contribution >= 0.6 is 0 Å². The van der Waals surface area contributed by atoms with Crippen molar-refractivity contribution in [3.8, 4) is 22.9 Å². The van der Waals surface area contributed by atoms with Crippen molar-refractivity contribution in [1.82, 2.24) is 20.2 Å². The number of rotatable bonds is 5. The van der Waals surface area contributed by atoms with Gasteiger partial charge in [0.2, 0.25) is 5.82 Å². The van der Waals surface area contributed by atoms with Crippen LogP contribution < -0.4 is 9.47 Å². The lowest BCUT2D eigenvalue weighted by Crippen LogP contribution is -2.30. The van der Waals surface area contributed by atoms with Crippen LogP contribution in [0.1, 0.15) is 19.4 Å². The summed E-state index contributed by atoms with van der Waals surface area (Å²) in [4.78, 5) is 1.61. The molecular weight excluding hydrogens is 304 g/mol. The highest BCUT2D eigenvalue weighted by Crippen LogP contribution is 2.36. The number of nitrogens with zero attached hydrogens (tertiary/aromatic N) is 4. The predicted octanol–water partition coefficient (Wildman–Crippen LogP) is 3.14. The van der Waals surface area contributed by atoms with Gasteiger partial charge in [0.05, 0.1) is 14.2 Å². The Morgan fingerprint density at radius 1 is 0.875 bits per heavy atom. The maximum Gasteiger partial charge on any atom is 0.212 e. The van der Waals surface area contributed by atoms with E-state index in [9.17, 15) is 0 Å². The quantitative estimate of drug-likeness (QED) is 0.721. The van der Waals surface area contributed by atoms with Crippen molar-refractivity contribution < 1.29 is 9.47 Å². The molecular formula is C18H20N4O2. The molecule has 2 aromatic carbocycles. The van der Waals surface area contributed by atoms with Crippen LogP contribution in [0.4, 0.5) is 0 Å². The lowest BCUT2D eigenvalue weighted by molar-refractivity contribution is 0.336. The number of hydrogen-bond donors (Lipinski definition) is 0. The van der Waals surface area contributed by atoms with Gasteiger partial charge < -0.3 is 9.47 Å². The summed E-state index contributed by atoms with van der Waals surface area (Å²) >= 11 is 0. The van der Waals surface area contributed by atoms with Gasteiger partial charge in [-0.3, -0.25) is 0 Å². The van der Waals surface area contributed by atoms with Crippen LogP contribution in [0, 0.1) is 0 Å². The molecule has 0 radical (unpaired) electrons. The Labute approximate surface area is 141 Å². The molecule has 0 amide bonds. The minimum atomic E-state index is -0.429. The van der Waals surface area contributed by atoms with Crippen molar-refractivity contribution in [3.63, 3.8) is 0 Å². The standard InChI is InChI=1S/C18H20N4O2/c1-18(2,13-9-6-5-7-10-13)22-20-17(19-21-22)16-14(23-3)11-8-12-15(16)24-4/h5-12H,1-4H3. The third-order valence-electron chi connectivity index (χ3n) is 4.05. The van der Waals surface area contributed by atoms with Gasteiger partial charge in [0.1, 0.15) is 22.6 Å². The molecule has 0 bridgehead atoms. The molecule has 0 N–H and O–H groups in total. The van der Waals surface area contributed by atoms with Crippen LogP contribution in [0.25, 0.3) is 11.4 Å². The van der Waals surface area contributed by atoms with Gasteiger partial charge in [-0.2, -0.15) is 4.80 Å². The van der Waals surface area contributed by atoms with Crippen molar-refractivity contribution in [2.24, 2.45) is 0 Å². The highest BCUT2D eigenvalue weighted by Gasteiger charge is 2.27. The first-order valence-corrected chi connectivity index (χ1v) is 7.65. The molecule has 3 rings (SSSR count).